The molecule has 25 heavy (non-hydrogen) atoms. The van der Waals surface area contributed by atoms with Crippen molar-refractivity contribution in [2.45, 2.75) is 18.2 Å². The zero-order valence-electron chi connectivity index (χ0n) is 13.3. The lowest BCUT2D eigenvalue weighted by molar-refractivity contribution is 0.0976. The predicted octanol–water partition coefficient (Wildman–Crippen LogP) is 2.13. The van der Waals surface area contributed by atoms with Crippen molar-refractivity contribution in [3.05, 3.63) is 54.2 Å². The first-order valence-electron chi connectivity index (χ1n) is 7.35. The first-order chi connectivity index (χ1) is 11.9. The third-order valence-electron chi connectivity index (χ3n) is 2.89. The van der Waals surface area contributed by atoms with E-state index in [0.717, 1.165) is 6.20 Å². The van der Waals surface area contributed by atoms with Crippen LogP contribution in [0.2, 0.25) is 0 Å². The maximum Gasteiger partial charge on any atom is 0.515 e. The van der Waals surface area contributed by atoms with Gasteiger partial charge in [0.2, 0.25) is 5.88 Å². The van der Waals surface area contributed by atoms with E-state index in [0.29, 0.717) is 6.42 Å². The summed E-state index contributed by atoms with van der Waals surface area (Å²) in [4.78, 5) is 27.1. The average molecular weight is 364 g/mol. The van der Waals surface area contributed by atoms with Gasteiger partial charge >= 0.3 is 6.16 Å². The first kappa shape index (κ1) is 18.4. The molecule has 1 N–H and O–H groups in total. The van der Waals surface area contributed by atoms with Gasteiger partial charge in [0.1, 0.15) is 0 Å². The van der Waals surface area contributed by atoms with Gasteiger partial charge in [-0.1, -0.05) is 25.1 Å². The van der Waals surface area contributed by atoms with Crippen molar-refractivity contribution in [1.29, 1.82) is 0 Å². The van der Waals surface area contributed by atoms with Crippen molar-refractivity contribution >= 4 is 22.1 Å². The summed E-state index contributed by atoms with van der Waals surface area (Å²) in [5, 5.41) is 0. The Labute approximate surface area is 144 Å². The molecule has 0 spiro atoms. The van der Waals surface area contributed by atoms with E-state index in [-0.39, 0.29) is 22.9 Å². The lowest BCUT2D eigenvalue weighted by Crippen LogP contribution is -2.30. The highest BCUT2D eigenvalue weighted by Gasteiger charge is 2.18. The molecule has 0 radical (unpaired) electrons. The number of nitrogens with one attached hydrogen (secondary N) is 1. The van der Waals surface area contributed by atoms with E-state index in [4.69, 9.17) is 9.47 Å². The van der Waals surface area contributed by atoms with Crippen molar-refractivity contribution in [2.24, 2.45) is 0 Å². The molecule has 2 aromatic rings. The smallest absolute Gasteiger partial charge is 0.434 e. The Morgan fingerprint density at radius 2 is 1.84 bits per heavy atom. The first-order valence-corrected chi connectivity index (χ1v) is 8.83. The maximum absolute atomic E-state index is 12.1. The van der Waals surface area contributed by atoms with Crippen LogP contribution in [0.25, 0.3) is 0 Å². The minimum atomic E-state index is -3.98. The number of carbonyl (C=O) groups excluding carboxylic acids is 2. The van der Waals surface area contributed by atoms with Crippen molar-refractivity contribution in [3.63, 3.8) is 0 Å². The molecule has 0 bridgehead atoms. The van der Waals surface area contributed by atoms with Crippen molar-refractivity contribution in [2.75, 3.05) is 6.61 Å². The van der Waals surface area contributed by atoms with Gasteiger partial charge < -0.3 is 9.47 Å². The van der Waals surface area contributed by atoms with Crippen molar-refractivity contribution in [3.8, 4) is 5.88 Å². The largest absolute Gasteiger partial charge is 0.515 e. The number of carbonyl (C=O) groups is 2. The van der Waals surface area contributed by atoms with Gasteiger partial charge in [0.05, 0.1) is 17.1 Å². The maximum atomic E-state index is 12.1. The third-order valence-corrected chi connectivity index (χ3v) is 4.24. The van der Waals surface area contributed by atoms with Gasteiger partial charge in [0.25, 0.3) is 15.9 Å². The number of rotatable bonds is 6. The molecule has 0 atom stereocenters. The standard InChI is InChI=1S/C16H16N2O6S/c1-2-10-23-16(20)24-14-9-8-12(11-17-14)15(19)18-25(21,22)13-6-4-3-5-7-13/h3-9,11H,2,10H2,1H3,(H,18,19). The summed E-state index contributed by atoms with van der Waals surface area (Å²) in [6.07, 6.45) is 0.841. The van der Waals surface area contributed by atoms with Crippen LogP contribution >= 0.6 is 0 Å². The molecule has 1 aromatic heterocycles. The summed E-state index contributed by atoms with van der Waals surface area (Å²) in [5.41, 5.74) is -0.00576. The van der Waals surface area contributed by atoms with E-state index < -0.39 is 22.1 Å². The number of aromatic nitrogens is 1. The van der Waals surface area contributed by atoms with Crippen LogP contribution in [0.5, 0.6) is 5.88 Å². The molecule has 0 saturated heterocycles. The molecule has 132 valence electrons. The zero-order chi connectivity index (χ0) is 18.3. The molecule has 0 aliphatic heterocycles. The number of pyridine rings is 1. The minimum absolute atomic E-state index is 0.00576. The van der Waals surface area contributed by atoms with Gasteiger partial charge in [-0.3, -0.25) is 4.79 Å². The van der Waals surface area contributed by atoms with E-state index in [2.05, 4.69) is 4.98 Å². The number of amides is 1. The zero-order valence-corrected chi connectivity index (χ0v) is 14.2. The number of hydrogen-bond acceptors (Lipinski definition) is 7. The van der Waals surface area contributed by atoms with Gasteiger partial charge in [-0.25, -0.2) is 22.9 Å². The SMILES string of the molecule is CCCOC(=O)Oc1ccc(C(=O)NS(=O)(=O)c2ccccc2)cn1. The number of nitrogens with zero attached hydrogens (tertiary/aromatic N) is 1. The quantitative estimate of drug-likeness (QED) is 0.781. The van der Waals surface area contributed by atoms with E-state index in [1.54, 1.807) is 18.2 Å². The molecule has 0 aliphatic carbocycles. The Bertz CT molecular complexity index is 835. The summed E-state index contributed by atoms with van der Waals surface area (Å²) in [7, 11) is -3.98. The monoisotopic (exact) mass is 364 g/mol. The molecular formula is C16H16N2O6S. The second-order valence-corrected chi connectivity index (χ2v) is 6.52. The molecule has 1 heterocycles. The molecule has 0 fully saturated rings. The molecule has 9 heteroatoms. The van der Waals surface area contributed by atoms with Crippen LogP contribution in [0.15, 0.2) is 53.6 Å². The van der Waals surface area contributed by atoms with Crippen LogP contribution in [0.1, 0.15) is 23.7 Å². The van der Waals surface area contributed by atoms with Crippen LogP contribution in [0, 0.1) is 0 Å². The van der Waals surface area contributed by atoms with Crippen LogP contribution in [-0.2, 0) is 14.8 Å². The molecule has 0 saturated carbocycles. The van der Waals surface area contributed by atoms with E-state index in [9.17, 15) is 18.0 Å². The summed E-state index contributed by atoms with van der Waals surface area (Å²) in [6, 6.07) is 10.0. The number of benzene rings is 1. The Hall–Kier alpha value is -2.94. The fraction of sp³-hybridized carbons (Fsp3) is 0.188. The highest BCUT2D eigenvalue weighted by Crippen LogP contribution is 2.11. The summed E-state index contributed by atoms with van der Waals surface area (Å²) in [5.74, 6) is -0.917. The fourth-order valence-corrected chi connectivity index (χ4v) is 2.71. The molecule has 0 unspecified atom stereocenters. The lowest BCUT2D eigenvalue weighted by atomic mass is 10.3. The highest BCUT2D eigenvalue weighted by atomic mass is 32.2. The second-order valence-electron chi connectivity index (χ2n) is 4.83. The average Bonchev–Trinajstić information content (AvgIpc) is 2.61. The van der Waals surface area contributed by atoms with E-state index >= 15 is 0 Å². The van der Waals surface area contributed by atoms with Crippen LogP contribution < -0.4 is 9.46 Å². The fourth-order valence-electron chi connectivity index (χ4n) is 1.71. The van der Waals surface area contributed by atoms with Gasteiger partial charge in [-0.15, -0.1) is 0 Å². The third kappa shape index (κ3) is 5.28. The van der Waals surface area contributed by atoms with Gasteiger partial charge in [-0.2, -0.15) is 0 Å². The van der Waals surface area contributed by atoms with Crippen molar-refractivity contribution in [1.82, 2.24) is 9.71 Å². The van der Waals surface area contributed by atoms with Crippen molar-refractivity contribution < 1.29 is 27.5 Å². The Kier molecular flexibility index (Phi) is 6.07. The molecule has 8 nitrogen and oxygen atoms in total. The Balaban J connectivity index is 2.02. The molecule has 1 amide bonds. The molecule has 1 aromatic carbocycles. The Morgan fingerprint density at radius 3 is 2.44 bits per heavy atom. The van der Waals surface area contributed by atoms with Crippen LogP contribution in [0.4, 0.5) is 4.79 Å². The number of sulfonamides is 1. The topological polar surface area (TPSA) is 112 Å². The Morgan fingerprint density at radius 1 is 1.12 bits per heavy atom. The lowest BCUT2D eigenvalue weighted by Gasteiger charge is -2.07. The van der Waals surface area contributed by atoms with Gasteiger partial charge in [0.15, 0.2) is 0 Å². The summed E-state index contributed by atoms with van der Waals surface area (Å²) in [6.45, 7) is 2.05. The van der Waals surface area contributed by atoms with E-state index in [1.807, 2.05) is 11.6 Å². The predicted molar refractivity (Wildman–Crippen MR) is 87.6 cm³/mol. The van der Waals surface area contributed by atoms with Gasteiger partial charge in [-0.05, 0) is 24.6 Å². The van der Waals surface area contributed by atoms with E-state index in [1.165, 1.54) is 24.3 Å². The summed E-state index contributed by atoms with van der Waals surface area (Å²) >= 11 is 0. The number of hydrogen-bond donors (Lipinski definition) is 1. The highest BCUT2D eigenvalue weighted by molar-refractivity contribution is 7.90. The molecule has 0 aliphatic rings. The second kappa shape index (κ2) is 8.25. The van der Waals surface area contributed by atoms with Crippen LogP contribution in [0.3, 0.4) is 0 Å². The molecular weight excluding hydrogens is 348 g/mol. The number of ether oxygens (including phenoxy) is 2. The van der Waals surface area contributed by atoms with Crippen LogP contribution in [-0.4, -0.2) is 32.1 Å². The normalized spacial score (nSPS) is 10.8. The van der Waals surface area contributed by atoms with Gasteiger partial charge in [0, 0.05) is 12.3 Å². The minimum Gasteiger partial charge on any atom is -0.434 e. The summed E-state index contributed by atoms with van der Waals surface area (Å²) < 4.78 is 35.6. The molecule has 2 rings (SSSR count).